The summed E-state index contributed by atoms with van der Waals surface area (Å²) in [6.07, 6.45) is -8.82. The van der Waals surface area contributed by atoms with Gasteiger partial charge in [-0.3, -0.25) is 9.78 Å². The van der Waals surface area contributed by atoms with Gasteiger partial charge in [0, 0.05) is 43.2 Å². The third-order valence-corrected chi connectivity index (χ3v) is 4.73. The van der Waals surface area contributed by atoms with Crippen molar-refractivity contribution in [1.29, 1.82) is 0 Å². The number of rotatable bonds is 4. The van der Waals surface area contributed by atoms with E-state index in [4.69, 9.17) is 0 Å². The van der Waals surface area contributed by atoms with Gasteiger partial charge in [0.15, 0.2) is 0 Å². The molecule has 2 N–H and O–H groups in total. The quantitative estimate of drug-likeness (QED) is 0.698. The van der Waals surface area contributed by atoms with Crippen LogP contribution in [0.25, 0.3) is 11.3 Å². The Balaban J connectivity index is 1.83. The highest BCUT2D eigenvalue weighted by atomic mass is 19.4. The molecule has 1 aliphatic rings. The van der Waals surface area contributed by atoms with Crippen molar-refractivity contribution in [2.45, 2.75) is 50.5 Å². The first-order chi connectivity index (χ1) is 14.4. The van der Waals surface area contributed by atoms with Crippen molar-refractivity contribution in [1.82, 2.24) is 25.6 Å². The number of nitrogens with zero attached hydrogens (tertiary/aromatic N) is 3. The first kappa shape index (κ1) is 22.8. The molecule has 13 heteroatoms. The highest BCUT2D eigenvalue weighted by Gasteiger charge is 2.37. The topological polar surface area (TPSA) is 79.8 Å². The number of hydrogen-bond acceptors (Lipinski definition) is 5. The molecule has 1 fully saturated rings. The Bertz CT molecular complexity index is 936. The fourth-order valence-electron chi connectivity index (χ4n) is 3.07. The Morgan fingerprint density at radius 3 is 2.26 bits per heavy atom. The summed E-state index contributed by atoms with van der Waals surface area (Å²) in [5.41, 5.74) is -1.64. The lowest BCUT2D eigenvalue weighted by Crippen LogP contribution is -2.42. The number of alkyl halides is 7. The van der Waals surface area contributed by atoms with Crippen molar-refractivity contribution in [3.63, 3.8) is 0 Å². The molecule has 6 nitrogen and oxygen atoms in total. The Labute approximate surface area is 171 Å². The Kier molecular flexibility index (Phi) is 6.16. The Morgan fingerprint density at radius 1 is 1.10 bits per heavy atom. The molecule has 2 aromatic rings. The van der Waals surface area contributed by atoms with E-state index in [0.29, 0.717) is 6.20 Å². The second kappa shape index (κ2) is 8.36. The van der Waals surface area contributed by atoms with Crippen molar-refractivity contribution in [3.8, 4) is 11.3 Å². The van der Waals surface area contributed by atoms with E-state index >= 15 is 0 Å². The van der Waals surface area contributed by atoms with Crippen LogP contribution in [0.5, 0.6) is 0 Å². The zero-order valence-electron chi connectivity index (χ0n) is 15.9. The molecule has 2 aromatic heterocycles. The third-order valence-electron chi connectivity index (χ3n) is 4.73. The molecule has 1 aliphatic heterocycles. The van der Waals surface area contributed by atoms with Crippen molar-refractivity contribution in [2.75, 3.05) is 0 Å². The fraction of sp³-hybridized carbons (Fsp3) is 0.444. The summed E-state index contributed by atoms with van der Waals surface area (Å²) in [4.78, 5) is 22.1. The van der Waals surface area contributed by atoms with E-state index in [0.717, 1.165) is 18.5 Å². The summed E-state index contributed by atoms with van der Waals surface area (Å²) in [5, 5.41) is 5.04. The van der Waals surface area contributed by atoms with Gasteiger partial charge in [0.25, 0.3) is 0 Å². The number of nitrogens with one attached hydrogen (secondary N) is 2. The Hall–Kier alpha value is -2.83. The van der Waals surface area contributed by atoms with Gasteiger partial charge in [0.1, 0.15) is 6.17 Å². The third kappa shape index (κ3) is 5.27. The molecule has 0 aromatic carbocycles. The lowest BCUT2D eigenvalue weighted by atomic mass is 10.1. The summed E-state index contributed by atoms with van der Waals surface area (Å²) in [5.74, 6) is -2.07. The van der Waals surface area contributed by atoms with Gasteiger partial charge < -0.3 is 10.6 Å². The van der Waals surface area contributed by atoms with Crippen molar-refractivity contribution < 1.29 is 35.5 Å². The van der Waals surface area contributed by atoms with Crippen LogP contribution in [0.2, 0.25) is 0 Å². The molecule has 0 radical (unpaired) electrons. The second-order valence-electron chi connectivity index (χ2n) is 6.99. The number of carbonyl (C=O) groups excluding carboxylic acids is 1. The number of halogens is 7. The van der Waals surface area contributed by atoms with Crippen LogP contribution in [-0.4, -0.2) is 39.1 Å². The molecule has 0 spiro atoms. The first-order valence-electron chi connectivity index (χ1n) is 9.00. The molecule has 0 unspecified atom stereocenters. The molecule has 168 valence electrons. The summed E-state index contributed by atoms with van der Waals surface area (Å²) in [6.45, 7) is 0.995. The maximum Gasteiger partial charge on any atom is 0.451 e. The SMILES string of the molecule is C[C@H]1N[C@@H](C(=O)NCc2cc(-c3cnc(C(F)(F)F)nc3)ncc2C(F)(F)F)C[C@H]1F. The predicted octanol–water partition coefficient (Wildman–Crippen LogP) is 3.28. The van der Waals surface area contributed by atoms with Gasteiger partial charge >= 0.3 is 12.4 Å². The van der Waals surface area contributed by atoms with Crippen LogP contribution in [0.15, 0.2) is 24.7 Å². The van der Waals surface area contributed by atoms with Gasteiger partial charge in [-0.15, -0.1) is 0 Å². The first-order valence-corrected chi connectivity index (χ1v) is 9.00. The second-order valence-corrected chi connectivity index (χ2v) is 6.99. The predicted molar refractivity (Wildman–Crippen MR) is 93.0 cm³/mol. The molecule has 3 heterocycles. The molecule has 1 amide bonds. The number of pyridine rings is 1. The van der Waals surface area contributed by atoms with E-state index in [1.54, 1.807) is 6.92 Å². The minimum atomic E-state index is -4.79. The number of aromatic nitrogens is 3. The standard InChI is InChI=1S/C18H16F7N5O/c1-8-12(19)3-14(30-8)15(31)27-4-9-2-13(26-7-11(9)17(20,21)22)10-5-28-16(29-6-10)18(23,24)25/h2,5-8,12,14,30H,3-4H2,1H3,(H,27,31)/t8-,12-,14-/m1/s1. The average molecular weight is 451 g/mol. The molecule has 3 atom stereocenters. The van der Waals surface area contributed by atoms with E-state index in [2.05, 4.69) is 25.6 Å². The number of amides is 1. The van der Waals surface area contributed by atoms with Gasteiger partial charge in [-0.05, 0) is 18.6 Å². The van der Waals surface area contributed by atoms with Gasteiger partial charge in [-0.25, -0.2) is 14.4 Å². The summed E-state index contributed by atoms with van der Waals surface area (Å²) in [7, 11) is 0. The minimum Gasteiger partial charge on any atom is -0.351 e. The van der Waals surface area contributed by atoms with Crippen LogP contribution >= 0.6 is 0 Å². The van der Waals surface area contributed by atoms with Crippen molar-refractivity contribution in [3.05, 3.63) is 41.6 Å². The molecular weight excluding hydrogens is 435 g/mol. The van der Waals surface area contributed by atoms with Gasteiger partial charge in [0.2, 0.25) is 11.7 Å². The van der Waals surface area contributed by atoms with Gasteiger partial charge in [-0.1, -0.05) is 0 Å². The smallest absolute Gasteiger partial charge is 0.351 e. The molecule has 0 bridgehead atoms. The van der Waals surface area contributed by atoms with Crippen LogP contribution in [0.4, 0.5) is 30.7 Å². The zero-order valence-corrected chi connectivity index (χ0v) is 15.9. The summed E-state index contributed by atoms with van der Waals surface area (Å²) in [6, 6.07) is -0.463. The zero-order chi connectivity index (χ0) is 23.0. The lowest BCUT2D eigenvalue weighted by Gasteiger charge is -2.16. The highest BCUT2D eigenvalue weighted by Crippen LogP contribution is 2.33. The normalized spacial score (nSPS) is 21.9. The average Bonchev–Trinajstić information content (AvgIpc) is 3.03. The largest absolute Gasteiger partial charge is 0.451 e. The number of hydrogen-bond donors (Lipinski definition) is 2. The minimum absolute atomic E-state index is 0.0409. The lowest BCUT2D eigenvalue weighted by molar-refractivity contribution is -0.145. The van der Waals surface area contributed by atoms with Crippen LogP contribution in [0.1, 0.15) is 30.3 Å². The van der Waals surface area contributed by atoms with E-state index in [9.17, 15) is 35.5 Å². The number of carbonyl (C=O) groups is 1. The van der Waals surface area contributed by atoms with E-state index in [1.165, 1.54) is 0 Å². The molecule has 31 heavy (non-hydrogen) atoms. The van der Waals surface area contributed by atoms with Crippen LogP contribution in [0, 0.1) is 0 Å². The van der Waals surface area contributed by atoms with E-state index in [1.807, 2.05) is 0 Å². The highest BCUT2D eigenvalue weighted by molar-refractivity contribution is 5.82. The maximum atomic E-state index is 13.6. The van der Waals surface area contributed by atoms with E-state index in [-0.39, 0.29) is 23.2 Å². The molecule has 0 saturated carbocycles. The van der Waals surface area contributed by atoms with Crippen LogP contribution in [0.3, 0.4) is 0 Å². The maximum absolute atomic E-state index is 13.6. The summed E-state index contributed by atoms with van der Waals surface area (Å²) >= 11 is 0. The monoisotopic (exact) mass is 451 g/mol. The molecule has 0 aliphatic carbocycles. The molecule has 3 rings (SSSR count). The van der Waals surface area contributed by atoms with Gasteiger partial charge in [0.05, 0.1) is 17.3 Å². The van der Waals surface area contributed by atoms with Crippen molar-refractivity contribution in [2.24, 2.45) is 0 Å². The molecule has 1 saturated heterocycles. The van der Waals surface area contributed by atoms with Crippen LogP contribution < -0.4 is 10.6 Å². The summed E-state index contributed by atoms with van der Waals surface area (Å²) < 4.78 is 91.3. The van der Waals surface area contributed by atoms with E-state index < -0.39 is 54.4 Å². The molecular formula is C18H16F7N5O. The van der Waals surface area contributed by atoms with Crippen LogP contribution in [-0.2, 0) is 23.7 Å². The van der Waals surface area contributed by atoms with Crippen molar-refractivity contribution >= 4 is 5.91 Å². The van der Waals surface area contributed by atoms with Gasteiger partial charge in [-0.2, -0.15) is 26.3 Å². The Morgan fingerprint density at radius 2 is 1.74 bits per heavy atom. The fourth-order valence-corrected chi connectivity index (χ4v) is 3.07.